The van der Waals surface area contributed by atoms with Crippen LogP contribution in [-0.4, -0.2) is 10.3 Å². The van der Waals surface area contributed by atoms with E-state index in [9.17, 15) is 5.11 Å². The number of nitrogens with zero attached hydrogens (tertiary/aromatic N) is 1. The maximum atomic E-state index is 9.91. The minimum Gasteiger partial charge on any atom is -0.507 e. The van der Waals surface area contributed by atoms with Crippen molar-refractivity contribution in [2.45, 2.75) is 6.92 Å². The molecule has 3 aromatic rings. The minimum atomic E-state index is 0.182. The highest BCUT2D eigenvalue weighted by Gasteiger charge is 2.12. The van der Waals surface area contributed by atoms with Crippen LogP contribution in [0, 0.1) is 6.92 Å². The Balaban J connectivity index is 2.04. The maximum absolute atomic E-state index is 9.91. The summed E-state index contributed by atoms with van der Waals surface area (Å²) < 4.78 is 5.34. The van der Waals surface area contributed by atoms with E-state index >= 15 is 0 Å². The molecule has 0 spiro atoms. The van der Waals surface area contributed by atoms with E-state index in [-0.39, 0.29) is 5.75 Å². The van der Waals surface area contributed by atoms with E-state index in [0.717, 1.165) is 11.1 Å². The van der Waals surface area contributed by atoms with Crippen molar-refractivity contribution in [3.8, 4) is 28.3 Å². The summed E-state index contributed by atoms with van der Waals surface area (Å²) in [6, 6.07) is 14.5. The molecule has 0 atom stereocenters. The number of hydrogen-bond donors (Lipinski definition) is 1. The van der Waals surface area contributed by atoms with E-state index in [0.29, 0.717) is 22.0 Å². The highest BCUT2D eigenvalue weighted by molar-refractivity contribution is 6.30. The predicted molar refractivity (Wildman–Crippen MR) is 78.8 cm³/mol. The Morgan fingerprint density at radius 2 is 1.95 bits per heavy atom. The fraction of sp³-hybridized carbons (Fsp3) is 0.0625. The van der Waals surface area contributed by atoms with Crippen molar-refractivity contribution in [2.24, 2.45) is 0 Å². The SMILES string of the molecule is Cc1ccc(O)c(-c2cc(-c3cccc(Cl)c3)on2)c1. The van der Waals surface area contributed by atoms with Gasteiger partial charge in [-0.25, -0.2) is 0 Å². The molecule has 0 unspecified atom stereocenters. The number of rotatable bonds is 2. The number of benzene rings is 2. The third-order valence-electron chi connectivity index (χ3n) is 3.05. The topological polar surface area (TPSA) is 46.3 Å². The van der Waals surface area contributed by atoms with Gasteiger partial charge in [-0.15, -0.1) is 0 Å². The van der Waals surface area contributed by atoms with E-state index in [1.54, 1.807) is 18.2 Å². The molecule has 0 bridgehead atoms. The second-order valence-electron chi connectivity index (χ2n) is 4.61. The number of hydrogen-bond acceptors (Lipinski definition) is 3. The Kier molecular flexibility index (Phi) is 3.20. The fourth-order valence-corrected chi connectivity index (χ4v) is 2.23. The average Bonchev–Trinajstić information content (AvgIpc) is 2.91. The highest BCUT2D eigenvalue weighted by Crippen LogP contribution is 2.32. The van der Waals surface area contributed by atoms with Gasteiger partial charge in [-0.2, -0.15) is 0 Å². The molecular weight excluding hydrogens is 274 g/mol. The van der Waals surface area contributed by atoms with Gasteiger partial charge in [0.15, 0.2) is 5.76 Å². The first-order valence-electron chi connectivity index (χ1n) is 6.16. The summed E-state index contributed by atoms with van der Waals surface area (Å²) in [6.07, 6.45) is 0. The Labute approximate surface area is 121 Å². The van der Waals surface area contributed by atoms with Crippen LogP contribution in [0.3, 0.4) is 0 Å². The van der Waals surface area contributed by atoms with Crippen LogP contribution in [0.5, 0.6) is 5.75 Å². The summed E-state index contributed by atoms with van der Waals surface area (Å²) in [5.74, 6) is 0.796. The zero-order chi connectivity index (χ0) is 14.1. The lowest BCUT2D eigenvalue weighted by molar-refractivity contribution is 0.433. The monoisotopic (exact) mass is 285 g/mol. The van der Waals surface area contributed by atoms with Crippen LogP contribution in [-0.2, 0) is 0 Å². The highest BCUT2D eigenvalue weighted by atomic mass is 35.5. The minimum absolute atomic E-state index is 0.182. The normalized spacial score (nSPS) is 10.7. The smallest absolute Gasteiger partial charge is 0.167 e. The van der Waals surface area contributed by atoms with E-state index in [2.05, 4.69) is 5.16 Å². The molecule has 0 aliphatic rings. The van der Waals surface area contributed by atoms with E-state index < -0.39 is 0 Å². The van der Waals surface area contributed by atoms with Crippen molar-refractivity contribution < 1.29 is 9.63 Å². The third kappa shape index (κ3) is 2.40. The van der Waals surface area contributed by atoms with Crippen molar-refractivity contribution in [2.75, 3.05) is 0 Å². The summed E-state index contributed by atoms with van der Waals surface area (Å²) in [4.78, 5) is 0. The Hall–Kier alpha value is -2.26. The molecule has 1 heterocycles. The van der Waals surface area contributed by atoms with Crippen LogP contribution < -0.4 is 0 Å². The van der Waals surface area contributed by atoms with Crippen LogP contribution >= 0.6 is 11.6 Å². The molecule has 4 heteroatoms. The van der Waals surface area contributed by atoms with Gasteiger partial charge >= 0.3 is 0 Å². The largest absolute Gasteiger partial charge is 0.507 e. The van der Waals surface area contributed by atoms with Crippen molar-refractivity contribution in [3.05, 3.63) is 59.1 Å². The molecule has 0 amide bonds. The summed E-state index contributed by atoms with van der Waals surface area (Å²) in [7, 11) is 0. The van der Waals surface area contributed by atoms with Crippen molar-refractivity contribution in [3.63, 3.8) is 0 Å². The first kappa shape index (κ1) is 12.8. The van der Waals surface area contributed by atoms with Crippen LogP contribution in [0.25, 0.3) is 22.6 Å². The zero-order valence-corrected chi connectivity index (χ0v) is 11.6. The number of aromatic hydroxyl groups is 1. The van der Waals surface area contributed by atoms with Gasteiger partial charge in [0.05, 0.1) is 0 Å². The van der Waals surface area contributed by atoms with E-state index in [1.165, 1.54) is 0 Å². The molecule has 1 N–H and O–H groups in total. The molecule has 0 aliphatic carbocycles. The van der Waals surface area contributed by atoms with Gasteiger partial charge in [0.2, 0.25) is 0 Å². The Bertz CT molecular complexity index is 765. The van der Waals surface area contributed by atoms with Gasteiger partial charge < -0.3 is 9.63 Å². The summed E-state index contributed by atoms with van der Waals surface area (Å²) in [5.41, 5.74) is 3.15. The molecule has 20 heavy (non-hydrogen) atoms. The van der Waals surface area contributed by atoms with Gasteiger partial charge in [-0.1, -0.05) is 40.5 Å². The number of halogens is 1. The van der Waals surface area contributed by atoms with Gasteiger partial charge in [-0.05, 0) is 31.2 Å². The number of aromatic nitrogens is 1. The fourth-order valence-electron chi connectivity index (χ4n) is 2.03. The Morgan fingerprint density at radius 3 is 2.75 bits per heavy atom. The van der Waals surface area contributed by atoms with Gasteiger partial charge in [0, 0.05) is 22.2 Å². The van der Waals surface area contributed by atoms with Crippen LogP contribution in [0.1, 0.15) is 5.56 Å². The molecule has 3 nitrogen and oxygen atoms in total. The lowest BCUT2D eigenvalue weighted by Gasteiger charge is -2.01. The average molecular weight is 286 g/mol. The van der Waals surface area contributed by atoms with Crippen LogP contribution in [0.2, 0.25) is 5.02 Å². The standard InChI is InChI=1S/C16H12ClNO2/c1-10-5-6-15(19)13(7-10)14-9-16(20-18-14)11-3-2-4-12(17)8-11/h2-9,19H,1H3. The maximum Gasteiger partial charge on any atom is 0.167 e. The molecule has 0 radical (unpaired) electrons. The third-order valence-corrected chi connectivity index (χ3v) is 3.28. The van der Waals surface area contributed by atoms with Crippen molar-refractivity contribution in [1.82, 2.24) is 5.16 Å². The molecular formula is C16H12ClNO2. The number of phenols is 1. The number of aryl methyl sites for hydroxylation is 1. The molecule has 0 saturated heterocycles. The van der Waals surface area contributed by atoms with E-state index in [4.69, 9.17) is 16.1 Å². The van der Waals surface area contributed by atoms with E-state index in [1.807, 2.05) is 37.3 Å². The second kappa shape index (κ2) is 5.02. The lowest BCUT2D eigenvalue weighted by atomic mass is 10.1. The summed E-state index contributed by atoms with van der Waals surface area (Å²) in [5, 5.41) is 14.6. The summed E-state index contributed by atoms with van der Waals surface area (Å²) in [6.45, 7) is 1.96. The van der Waals surface area contributed by atoms with Crippen LogP contribution in [0.4, 0.5) is 0 Å². The van der Waals surface area contributed by atoms with Crippen LogP contribution in [0.15, 0.2) is 53.1 Å². The molecule has 1 aromatic heterocycles. The van der Waals surface area contributed by atoms with Crippen molar-refractivity contribution in [1.29, 1.82) is 0 Å². The van der Waals surface area contributed by atoms with Gasteiger partial charge in [0.25, 0.3) is 0 Å². The zero-order valence-electron chi connectivity index (χ0n) is 10.8. The quantitative estimate of drug-likeness (QED) is 0.744. The summed E-state index contributed by atoms with van der Waals surface area (Å²) >= 11 is 5.96. The second-order valence-corrected chi connectivity index (χ2v) is 5.04. The molecule has 100 valence electrons. The predicted octanol–water partition coefficient (Wildman–Crippen LogP) is 4.68. The first-order valence-corrected chi connectivity index (χ1v) is 6.54. The number of phenolic OH excluding ortho intramolecular Hbond substituents is 1. The molecule has 2 aromatic carbocycles. The molecule has 0 saturated carbocycles. The molecule has 0 aliphatic heterocycles. The van der Waals surface area contributed by atoms with Crippen molar-refractivity contribution >= 4 is 11.6 Å². The van der Waals surface area contributed by atoms with Gasteiger partial charge in [-0.3, -0.25) is 0 Å². The van der Waals surface area contributed by atoms with Gasteiger partial charge in [0.1, 0.15) is 11.4 Å². The Morgan fingerprint density at radius 1 is 1.10 bits per heavy atom. The molecule has 3 rings (SSSR count). The lowest BCUT2D eigenvalue weighted by Crippen LogP contribution is -1.80. The molecule has 0 fully saturated rings. The first-order chi connectivity index (χ1) is 9.63.